The fourth-order valence-corrected chi connectivity index (χ4v) is 2.42. The standard InChI is InChI=1S/C15H22O3/c1-4-15(11-16-12-15)14(3,17-5-2)18-13-9-7-6-8-10-13/h6-10H,4-5,11-12H2,1-3H3. The maximum absolute atomic E-state index is 6.14. The normalized spacial score (nSPS) is 20.8. The van der Waals surface area contributed by atoms with Crippen molar-refractivity contribution in [2.24, 2.45) is 5.41 Å². The minimum Gasteiger partial charge on any atom is -0.462 e. The van der Waals surface area contributed by atoms with Gasteiger partial charge in [-0.05, 0) is 25.5 Å². The summed E-state index contributed by atoms with van der Waals surface area (Å²) in [6.07, 6.45) is 0.982. The average molecular weight is 250 g/mol. The van der Waals surface area contributed by atoms with Crippen molar-refractivity contribution in [1.82, 2.24) is 0 Å². The van der Waals surface area contributed by atoms with Crippen molar-refractivity contribution < 1.29 is 14.2 Å². The van der Waals surface area contributed by atoms with Gasteiger partial charge < -0.3 is 14.2 Å². The fourth-order valence-electron chi connectivity index (χ4n) is 2.42. The topological polar surface area (TPSA) is 27.7 Å². The van der Waals surface area contributed by atoms with E-state index in [0.29, 0.717) is 19.8 Å². The van der Waals surface area contributed by atoms with Crippen LogP contribution >= 0.6 is 0 Å². The van der Waals surface area contributed by atoms with Crippen LogP contribution < -0.4 is 4.74 Å². The second kappa shape index (κ2) is 5.29. The SMILES string of the molecule is CCOC(C)(Oc1ccccc1)C1(CC)COC1. The third-order valence-corrected chi connectivity index (χ3v) is 3.87. The Morgan fingerprint density at radius 1 is 1.22 bits per heavy atom. The molecule has 1 aliphatic rings. The zero-order chi connectivity index (χ0) is 13.1. The number of para-hydroxylation sites is 1. The zero-order valence-electron chi connectivity index (χ0n) is 11.4. The van der Waals surface area contributed by atoms with Gasteiger partial charge in [0.15, 0.2) is 0 Å². The molecule has 2 rings (SSSR count). The number of benzene rings is 1. The Kier molecular flexibility index (Phi) is 3.93. The van der Waals surface area contributed by atoms with Crippen LogP contribution in [0.2, 0.25) is 0 Å². The first kappa shape index (κ1) is 13.4. The second-order valence-corrected chi connectivity index (χ2v) is 4.92. The Bertz CT molecular complexity index is 367. The summed E-state index contributed by atoms with van der Waals surface area (Å²) < 4.78 is 17.5. The summed E-state index contributed by atoms with van der Waals surface area (Å²) in [7, 11) is 0. The summed E-state index contributed by atoms with van der Waals surface area (Å²) in [6.45, 7) is 8.21. The average Bonchev–Trinajstić information content (AvgIpc) is 2.29. The van der Waals surface area contributed by atoms with E-state index in [2.05, 4.69) is 6.92 Å². The third-order valence-electron chi connectivity index (χ3n) is 3.87. The van der Waals surface area contributed by atoms with Crippen molar-refractivity contribution in [3.05, 3.63) is 30.3 Å². The van der Waals surface area contributed by atoms with Crippen LogP contribution in [0, 0.1) is 5.41 Å². The lowest BCUT2D eigenvalue weighted by Crippen LogP contribution is -2.62. The van der Waals surface area contributed by atoms with Crippen LogP contribution in [-0.4, -0.2) is 25.6 Å². The molecule has 1 aliphatic heterocycles. The van der Waals surface area contributed by atoms with Crippen molar-refractivity contribution in [1.29, 1.82) is 0 Å². The molecule has 3 nitrogen and oxygen atoms in total. The van der Waals surface area contributed by atoms with Gasteiger partial charge >= 0.3 is 0 Å². The fraction of sp³-hybridized carbons (Fsp3) is 0.600. The van der Waals surface area contributed by atoms with E-state index in [0.717, 1.165) is 12.2 Å². The highest BCUT2D eigenvalue weighted by molar-refractivity contribution is 5.22. The van der Waals surface area contributed by atoms with Gasteiger partial charge in [-0.15, -0.1) is 0 Å². The van der Waals surface area contributed by atoms with Gasteiger partial charge in [-0.3, -0.25) is 0 Å². The smallest absolute Gasteiger partial charge is 0.217 e. The predicted octanol–water partition coefficient (Wildman–Crippen LogP) is 3.24. The quantitative estimate of drug-likeness (QED) is 0.725. The van der Waals surface area contributed by atoms with Crippen LogP contribution in [0.25, 0.3) is 0 Å². The summed E-state index contributed by atoms with van der Waals surface area (Å²) >= 11 is 0. The maximum atomic E-state index is 6.14. The van der Waals surface area contributed by atoms with Crippen molar-refractivity contribution >= 4 is 0 Å². The lowest BCUT2D eigenvalue weighted by Gasteiger charge is -2.52. The van der Waals surface area contributed by atoms with Gasteiger partial charge in [0, 0.05) is 13.5 Å². The van der Waals surface area contributed by atoms with Gasteiger partial charge in [-0.1, -0.05) is 25.1 Å². The van der Waals surface area contributed by atoms with Crippen molar-refractivity contribution in [3.63, 3.8) is 0 Å². The van der Waals surface area contributed by atoms with Gasteiger partial charge in [0.1, 0.15) is 5.75 Å². The van der Waals surface area contributed by atoms with Crippen LogP contribution in [-0.2, 0) is 9.47 Å². The molecule has 1 aromatic rings. The van der Waals surface area contributed by atoms with Crippen LogP contribution in [0.3, 0.4) is 0 Å². The van der Waals surface area contributed by atoms with Gasteiger partial charge in [0.05, 0.1) is 18.6 Å². The molecule has 1 atom stereocenters. The first-order valence-corrected chi connectivity index (χ1v) is 6.61. The van der Waals surface area contributed by atoms with Crippen LogP contribution in [0.4, 0.5) is 0 Å². The molecule has 0 aromatic heterocycles. The number of hydrogen-bond donors (Lipinski definition) is 0. The summed E-state index contributed by atoms with van der Waals surface area (Å²) in [4.78, 5) is 0. The molecule has 0 amide bonds. The van der Waals surface area contributed by atoms with E-state index in [1.165, 1.54) is 0 Å². The molecule has 18 heavy (non-hydrogen) atoms. The molecular formula is C15H22O3. The van der Waals surface area contributed by atoms with E-state index < -0.39 is 5.79 Å². The molecule has 0 radical (unpaired) electrons. The third kappa shape index (κ3) is 2.25. The summed E-state index contributed by atoms with van der Waals surface area (Å²) in [5, 5.41) is 0. The molecule has 1 fully saturated rings. The zero-order valence-corrected chi connectivity index (χ0v) is 11.4. The monoisotopic (exact) mass is 250 g/mol. The molecule has 0 N–H and O–H groups in total. The van der Waals surface area contributed by atoms with Crippen LogP contribution in [0.15, 0.2) is 30.3 Å². The van der Waals surface area contributed by atoms with Gasteiger partial charge in [-0.2, -0.15) is 0 Å². The van der Waals surface area contributed by atoms with Crippen molar-refractivity contribution in [2.45, 2.75) is 33.0 Å². The van der Waals surface area contributed by atoms with Crippen molar-refractivity contribution in [2.75, 3.05) is 19.8 Å². The molecule has 100 valence electrons. The lowest BCUT2D eigenvalue weighted by atomic mass is 9.75. The Morgan fingerprint density at radius 3 is 2.33 bits per heavy atom. The van der Waals surface area contributed by atoms with Crippen molar-refractivity contribution in [3.8, 4) is 5.75 Å². The van der Waals surface area contributed by atoms with E-state index >= 15 is 0 Å². The van der Waals surface area contributed by atoms with Gasteiger partial charge in [0.25, 0.3) is 0 Å². The minimum atomic E-state index is -0.629. The maximum Gasteiger partial charge on any atom is 0.217 e. The molecule has 0 saturated carbocycles. The first-order valence-electron chi connectivity index (χ1n) is 6.61. The molecule has 1 unspecified atom stereocenters. The summed E-state index contributed by atoms with van der Waals surface area (Å²) in [5.74, 6) is 0.212. The van der Waals surface area contributed by atoms with E-state index in [4.69, 9.17) is 14.2 Å². The number of rotatable bonds is 6. The Hall–Kier alpha value is -1.06. The second-order valence-electron chi connectivity index (χ2n) is 4.92. The highest BCUT2D eigenvalue weighted by Gasteiger charge is 2.55. The van der Waals surface area contributed by atoms with E-state index in [-0.39, 0.29) is 5.41 Å². The summed E-state index contributed by atoms with van der Waals surface area (Å²) in [6, 6.07) is 9.84. The van der Waals surface area contributed by atoms with E-state index in [1.807, 2.05) is 44.2 Å². The van der Waals surface area contributed by atoms with Gasteiger partial charge in [-0.25, -0.2) is 0 Å². The molecule has 0 spiro atoms. The highest BCUT2D eigenvalue weighted by atomic mass is 16.7. The predicted molar refractivity (Wildman–Crippen MR) is 70.6 cm³/mol. The molecule has 1 heterocycles. The minimum absolute atomic E-state index is 0.0428. The molecule has 3 heteroatoms. The Balaban J connectivity index is 2.21. The van der Waals surface area contributed by atoms with Crippen LogP contribution in [0.5, 0.6) is 5.75 Å². The molecule has 0 bridgehead atoms. The lowest BCUT2D eigenvalue weighted by molar-refractivity contribution is -0.310. The Morgan fingerprint density at radius 2 is 1.89 bits per heavy atom. The first-order chi connectivity index (χ1) is 8.66. The molecular weight excluding hydrogens is 228 g/mol. The van der Waals surface area contributed by atoms with E-state index in [1.54, 1.807) is 0 Å². The highest BCUT2D eigenvalue weighted by Crippen LogP contribution is 2.45. The number of ether oxygens (including phenoxy) is 3. The largest absolute Gasteiger partial charge is 0.462 e. The van der Waals surface area contributed by atoms with Gasteiger partial charge in [0.2, 0.25) is 5.79 Å². The molecule has 1 aromatic carbocycles. The Labute approximate surface area is 109 Å². The summed E-state index contributed by atoms with van der Waals surface area (Å²) in [5.41, 5.74) is -0.0428. The van der Waals surface area contributed by atoms with Crippen LogP contribution in [0.1, 0.15) is 27.2 Å². The number of hydrogen-bond acceptors (Lipinski definition) is 3. The van der Waals surface area contributed by atoms with E-state index in [9.17, 15) is 0 Å². The molecule has 0 aliphatic carbocycles. The molecule has 1 saturated heterocycles.